The number of fused-ring (bicyclic) bond motifs is 1. The molecular weight excluding hydrogens is 256 g/mol. The second-order valence-corrected chi connectivity index (χ2v) is 5.89. The molecule has 2 unspecified atom stereocenters. The lowest BCUT2D eigenvalue weighted by Gasteiger charge is -2.29. The largest absolute Gasteiger partial charge is 0.485 e. The summed E-state index contributed by atoms with van der Waals surface area (Å²) in [6.45, 7) is 4.43. The molecule has 1 saturated heterocycles. The van der Waals surface area contributed by atoms with Crippen molar-refractivity contribution in [1.82, 2.24) is 4.90 Å². The van der Waals surface area contributed by atoms with Crippen molar-refractivity contribution in [1.29, 1.82) is 0 Å². The molecule has 5 heteroatoms. The molecule has 2 heterocycles. The Morgan fingerprint density at radius 2 is 2.20 bits per heavy atom. The van der Waals surface area contributed by atoms with Crippen molar-refractivity contribution in [2.24, 2.45) is 11.1 Å². The van der Waals surface area contributed by atoms with Crippen molar-refractivity contribution in [2.45, 2.75) is 19.4 Å². The van der Waals surface area contributed by atoms with Gasteiger partial charge in [-0.25, -0.2) is 0 Å². The lowest BCUT2D eigenvalue weighted by atomic mass is 9.90. The number of carbonyl (C=O) groups excluding carboxylic acids is 1. The first-order valence-corrected chi connectivity index (χ1v) is 6.99. The van der Waals surface area contributed by atoms with Crippen LogP contribution < -0.4 is 15.2 Å². The van der Waals surface area contributed by atoms with Gasteiger partial charge in [-0.15, -0.1) is 0 Å². The van der Waals surface area contributed by atoms with Gasteiger partial charge in [0.25, 0.3) is 5.91 Å². The molecule has 1 aromatic rings. The first-order valence-electron chi connectivity index (χ1n) is 6.99. The summed E-state index contributed by atoms with van der Waals surface area (Å²) in [7, 11) is 0. The molecule has 2 aliphatic rings. The van der Waals surface area contributed by atoms with Gasteiger partial charge in [0.05, 0.1) is 0 Å². The Balaban J connectivity index is 1.68. The minimum Gasteiger partial charge on any atom is -0.485 e. The molecule has 0 bridgehead atoms. The average molecular weight is 276 g/mol. The Kier molecular flexibility index (Phi) is 3.30. The van der Waals surface area contributed by atoms with Gasteiger partial charge in [-0.3, -0.25) is 4.79 Å². The number of para-hydroxylation sites is 2. The van der Waals surface area contributed by atoms with E-state index in [0.29, 0.717) is 24.6 Å². The summed E-state index contributed by atoms with van der Waals surface area (Å²) in [6, 6.07) is 7.42. The maximum Gasteiger partial charge on any atom is 0.267 e. The normalized spacial score (nSPS) is 28.5. The minimum atomic E-state index is -0.551. The molecule has 0 radical (unpaired) electrons. The quantitative estimate of drug-likeness (QED) is 0.876. The van der Waals surface area contributed by atoms with E-state index in [1.807, 2.05) is 29.2 Å². The molecule has 20 heavy (non-hydrogen) atoms. The highest BCUT2D eigenvalue weighted by molar-refractivity contribution is 5.82. The molecular formula is C15H20N2O3. The monoisotopic (exact) mass is 276 g/mol. The Morgan fingerprint density at radius 1 is 1.45 bits per heavy atom. The third-order valence-electron chi connectivity index (χ3n) is 4.15. The van der Waals surface area contributed by atoms with Crippen LogP contribution in [0, 0.1) is 5.41 Å². The number of nitrogens with two attached hydrogens (primary N) is 1. The van der Waals surface area contributed by atoms with E-state index in [2.05, 4.69) is 6.92 Å². The van der Waals surface area contributed by atoms with Crippen LogP contribution in [0.4, 0.5) is 0 Å². The van der Waals surface area contributed by atoms with E-state index in [1.165, 1.54) is 0 Å². The van der Waals surface area contributed by atoms with Crippen LogP contribution >= 0.6 is 0 Å². The summed E-state index contributed by atoms with van der Waals surface area (Å²) < 4.78 is 11.4. The van der Waals surface area contributed by atoms with E-state index in [0.717, 1.165) is 13.0 Å². The van der Waals surface area contributed by atoms with E-state index in [9.17, 15) is 4.79 Å². The topological polar surface area (TPSA) is 64.8 Å². The molecule has 1 aromatic carbocycles. The third kappa shape index (κ3) is 2.33. The van der Waals surface area contributed by atoms with Gasteiger partial charge in [-0.05, 0) is 30.5 Å². The number of benzene rings is 1. The van der Waals surface area contributed by atoms with Crippen molar-refractivity contribution < 1.29 is 14.3 Å². The number of nitrogens with zero attached hydrogens (tertiary/aromatic N) is 1. The summed E-state index contributed by atoms with van der Waals surface area (Å²) in [4.78, 5) is 14.3. The van der Waals surface area contributed by atoms with Gasteiger partial charge in [-0.1, -0.05) is 19.1 Å². The van der Waals surface area contributed by atoms with Gasteiger partial charge in [0.1, 0.15) is 6.61 Å². The molecule has 1 amide bonds. The number of hydrogen-bond acceptors (Lipinski definition) is 4. The van der Waals surface area contributed by atoms with Crippen molar-refractivity contribution in [3.8, 4) is 11.5 Å². The number of carbonyl (C=O) groups is 1. The highest BCUT2D eigenvalue weighted by Crippen LogP contribution is 2.33. The number of rotatable bonds is 2. The van der Waals surface area contributed by atoms with E-state index in [4.69, 9.17) is 15.2 Å². The van der Waals surface area contributed by atoms with Crippen LogP contribution in [0.25, 0.3) is 0 Å². The lowest BCUT2D eigenvalue weighted by Crippen LogP contribution is -2.46. The van der Waals surface area contributed by atoms with E-state index in [-0.39, 0.29) is 17.9 Å². The molecule has 108 valence electrons. The minimum absolute atomic E-state index is 0.00308. The average Bonchev–Trinajstić information content (AvgIpc) is 2.89. The Hall–Kier alpha value is -1.75. The number of amides is 1. The molecule has 0 aliphatic carbocycles. The number of hydrogen-bond donors (Lipinski definition) is 1. The Bertz CT molecular complexity index is 520. The SMILES string of the molecule is CC1(CN)CCN(C(=O)C2COc3ccccc3O2)C1. The van der Waals surface area contributed by atoms with E-state index >= 15 is 0 Å². The summed E-state index contributed by atoms with van der Waals surface area (Å²) in [5.41, 5.74) is 5.81. The fourth-order valence-corrected chi connectivity index (χ4v) is 2.72. The number of ether oxygens (including phenoxy) is 2. The van der Waals surface area contributed by atoms with Crippen molar-refractivity contribution in [3.05, 3.63) is 24.3 Å². The summed E-state index contributed by atoms with van der Waals surface area (Å²) in [5.74, 6) is 1.33. The predicted molar refractivity (Wildman–Crippen MR) is 74.7 cm³/mol. The molecule has 0 spiro atoms. The Labute approximate surface area is 118 Å². The maximum absolute atomic E-state index is 12.5. The van der Waals surface area contributed by atoms with Crippen molar-refractivity contribution in [3.63, 3.8) is 0 Å². The van der Waals surface area contributed by atoms with Gasteiger partial charge < -0.3 is 20.1 Å². The van der Waals surface area contributed by atoms with Crippen LogP contribution in [-0.4, -0.2) is 43.2 Å². The predicted octanol–water partition coefficient (Wildman–Crippen LogP) is 1.02. The smallest absolute Gasteiger partial charge is 0.267 e. The van der Waals surface area contributed by atoms with Gasteiger partial charge in [0, 0.05) is 13.1 Å². The molecule has 2 N–H and O–H groups in total. The highest BCUT2D eigenvalue weighted by atomic mass is 16.6. The molecule has 5 nitrogen and oxygen atoms in total. The van der Waals surface area contributed by atoms with Gasteiger partial charge in [0.2, 0.25) is 6.10 Å². The second kappa shape index (κ2) is 4.98. The van der Waals surface area contributed by atoms with Gasteiger partial charge in [-0.2, -0.15) is 0 Å². The van der Waals surface area contributed by atoms with Crippen LogP contribution in [0.1, 0.15) is 13.3 Å². The molecule has 0 aromatic heterocycles. The first-order chi connectivity index (χ1) is 9.61. The van der Waals surface area contributed by atoms with Crippen molar-refractivity contribution >= 4 is 5.91 Å². The standard InChI is InChI=1S/C15H20N2O3/c1-15(9-16)6-7-17(10-15)14(18)13-8-19-11-4-2-3-5-12(11)20-13/h2-5,13H,6-10,16H2,1H3. The van der Waals surface area contributed by atoms with Crippen LogP contribution in [0.3, 0.4) is 0 Å². The summed E-state index contributed by atoms with van der Waals surface area (Å²) >= 11 is 0. The molecule has 2 atom stereocenters. The molecule has 2 aliphatic heterocycles. The zero-order chi connectivity index (χ0) is 14.2. The van der Waals surface area contributed by atoms with Gasteiger partial charge in [0.15, 0.2) is 11.5 Å². The van der Waals surface area contributed by atoms with Crippen LogP contribution in [-0.2, 0) is 4.79 Å². The van der Waals surface area contributed by atoms with Crippen LogP contribution in [0.15, 0.2) is 24.3 Å². The van der Waals surface area contributed by atoms with Gasteiger partial charge >= 0.3 is 0 Å². The Morgan fingerprint density at radius 3 is 2.90 bits per heavy atom. The second-order valence-electron chi connectivity index (χ2n) is 5.89. The fourth-order valence-electron chi connectivity index (χ4n) is 2.72. The third-order valence-corrected chi connectivity index (χ3v) is 4.15. The van der Waals surface area contributed by atoms with E-state index in [1.54, 1.807) is 0 Å². The summed E-state index contributed by atoms with van der Waals surface area (Å²) in [6.07, 6.45) is 0.393. The first kappa shape index (κ1) is 13.2. The maximum atomic E-state index is 12.5. The fraction of sp³-hybridized carbons (Fsp3) is 0.533. The molecule has 0 saturated carbocycles. The molecule has 1 fully saturated rings. The van der Waals surface area contributed by atoms with E-state index < -0.39 is 6.10 Å². The lowest BCUT2D eigenvalue weighted by molar-refractivity contribution is -0.140. The van der Waals surface area contributed by atoms with Crippen molar-refractivity contribution in [2.75, 3.05) is 26.2 Å². The molecule has 3 rings (SSSR count). The summed E-state index contributed by atoms with van der Waals surface area (Å²) in [5, 5.41) is 0. The zero-order valence-corrected chi connectivity index (χ0v) is 11.7. The van der Waals surface area contributed by atoms with Crippen LogP contribution in [0.2, 0.25) is 0 Å². The zero-order valence-electron chi connectivity index (χ0n) is 11.7. The highest BCUT2D eigenvalue weighted by Gasteiger charge is 2.39. The van der Waals surface area contributed by atoms with Crippen LogP contribution in [0.5, 0.6) is 11.5 Å². The number of likely N-dealkylation sites (tertiary alicyclic amines) is 1.